The molecular formula is C17H33N3O2. The number of amides is 1. The van der Waals surface area contributed by atoms with Crippen LogP contribution in [0.2, 0.25) is 0 Å². The molecule has 2 rings (SSSR count). The zero-order valence-corrected chi connectivity index (χ0v) is 14.7. The van der Waals surface area contributed by atoms with Crippen molar-refractivity contribution >= 4 is 6.09 Å². The number of rotatable bonds is 7. The van der Waals surface area contributed by atoms with E-state index in [2.05, 4.69) is 10.2 Å². The van der Waals surface area contributed by atoms with Crippen LogP contribution in [0.5, 0.6) is 0 Å². The quantitative estimate of drug-likeness (QED) is 0.734. The van der Waals surface area contributed by atoms with Crippen molar-refractivity contribution in [2.24, 2.45) is 0 Å². The molecule has 1 heterocycles. The smallest absolute Gasteiger partial charge is 0.410 e. The Balaban J connectivity index is 1.59. The van der Waals surface area contributed by atoms with Crippen LogP contribution in [-0.2, 0) is 4.74 Å². The molecule has 0 spiro atoms. The van der Waals surface area contributed by atoms with E-state index in [1.54, 1.807) is 4.90 Å². The first-order valence-electron chi connectivity index (χ1n) is 8.84. The SMILES string of the molecule is CCN(CCCNC1CCN(C2CC2)C1)C(=O)OC(C)(C)C. The first-order chi connectivity index (χ1) is 10.4. The molecule has 1 saturated carbocycles. The molecule has 0 bridgehead atoms. The number of ether oxygens (including phenoxy) is 1. The Bertz CT molecular complexity index is 363. The van der Waals surface area contributed by atoms with E-state index in [0.717, 1.165) is 25.6 Å². The highest BCUT2D eigenvalue weighted by Gasteiger charge is 2.34. The summed E-state index contributed by atoms with van der Waals surface area (Å²) in [4.78, 5) is 16.5. The van der Waals surface area contributed by atoms with Crippen LogP contribution in [-0.4, -0.2) is 66.3 Å². The molecule has 1 N–H and O–H groups in total. The lowest BCUT2D eigenvalue weighted by Gasteiger charge is -2.26. The van der Waals surface area contributed by atoms with Crippen LogP contribution in [0.15, 0.2) is 0 Å². The fourth-order valence-corrected chi connectivity index (χ4v) is 3.01. The van der Waals surface area contributed by atoms with Gasteiger partial charge in [0.1, 0.15) is 5.60 Å². The van der Waals surface area contributed by atoms with Crippen LogP contribution in [0.4, 0.5) is 4.79 Å². The highest BCUT2D eigenvalue weighted by atomic mass is 16.6. The third-order valence-electron chi connectivity index (χ3n) is 4.35. The number of hydrogen-bond acceptors (Lipinski definition) is 4. The molecule has 0 radical (unpaired) electrons. The van der Waals surface area contributed by atoms with Crippen molar-refractivity contribution in [2.45, 2.75) is 71.1 Å². The van der Waals surface area contributed by atoms with Gasteiger partial charge in [0.2, 0.25) is 0 Å². The Labute approximate surface area is 135 Å². The van der Waals surface area contributed by atoms with Crippen LogP contribution in [0.25, 0.3) is 0 Å². The molecule has 2 aliphatic rings. The Morgan fingerprint density at radius 3 is 2.64 bits per heavy atom. The van der Waals surface area contributed by atoms with Crippen molar-refractivity contribution in [3.05, 3.63) is 0 Å². The summed E-state index contributed by atoms with van der Waals surface area (Å²) in [5.41, 5.74) is -0.418. The highest BCUT2D eigenvalue weighted by molar-refractivity contribution is 5.68. The van der Waals surface area contributed by atoms with Gasteiger partial charge in [-0.05, 0) is 59.9 Å². The van der Waals surface area contributed by atoms with E-state index in [0.29, 0.717) is 12.6 Å². The van der Waals surface area contributed by atoms with Gasteiger partial charge >= 0.3 is 6.09 Å². The highest BCUT2D eigenvalue weighted by Crippen LogP contribution is 2.29. The van der Waals surface area contributed by atoms with Crippen LogP contribution >= 0.6 is 0 Å². The summed E-state index contributed by atoms with van der Waals surface area (Å²) in [6.07, 6.45) is 4.84. The van der Waals surface area contributed by atoms with Crippen LogP contribution in [0.3, 0.4) is 0 Å². The number of carbonyl (C=O) groups is 1. The largest absolute Gasteiger partial charge is 0.444 e. The minimum atomic E-state index is -0.418. The molecule has 1 atom stereocenters. The molecule has 1 aliphatic carbocycles. The minimum Gasteiger partial charge on any atom is -0.444 e. The van der Waals surface area contributed by atoms with Crippen LogP contribution in [0, 0.1) is 0 Å². The zero-order chi connectivity index (χ0) is 16.2. The van der Waals surface area contributed by atoms with E-state index < -0.39 is 5.60 Å². The van der Waals surface area contributed by atoms with Crippen molar-refractivity contribution < 1.29 is 9.53 Å². The molecule has 1 amide bonds. The minimum absolute atomic E-state index is 0.198. The van der Waals surface area contributed by atoms with Gasteiger partial charge < -0.3 is 15.0 Å². The summed E-state index contributed by atoms with van der Waals surface area (Å²) in [6, 6.07) is 1.52. The normalized spacial score (nSPS) is 22.8. The molecule has 128 valence electrons. The van der Waals surface area contributed by atoms with Crippen molar-refractivity contribution in [1.29, 1.82) is 0 Å². The van der Waals surface area contributed by atoms with Gasteiger partial charge in [-0.1, -0.05) is 0 Å². The monoisotopic (exact) mass is 311 g/mol. The maximum absolute atomic E-state index is 12.0. The van der Waals surface area contributed by atoms with Gasteiger partial charge in [-0.15, -0.1) is 0 Å². The van der Waals surface area contributed by atoms with Gasteiger partial charge in [0.05, 0.1) is 0 Å². The number of nitrogens with one attached hydrogen (secondary N) is 1. The lowest BCUT2D eigenvalue weighted by atomic mass is 10.2. The first-order valence-corrected chi connectivity index (χ1v) is 8.84. The van der Waals surface area contributed by atoms with E-state index in [1.165, 1.54) is 32.4 Å². The number of hydrogen-bond donors (Lipinski definition) is 1. The Morgan fingerprint density at radius 1 is 1.32 bits per heavy atom. The van der Waals surface area contributed by atoms with E-state index in [-0.39, 0.29) is 6.09 Å². The van der Waals surface area contributed by atoms with Gasteiger partial charge in [0.15, 0.2) is 0 Å². The van der Waals surface area contributed by atoms with Gasteiger partial charge in [-0.3, -0.25) is 4.90 Å². The standard InChI is InChI=1S/C17H33N3O2/c1-5-19(16(21)22-17(2,3)4)11-6-10-18-14-9-12-20(13-14)15-7-8-15/h14-15,18H,5-13H2,1-4H3. The summed E-state index contributed by atoms with van der Waals surface area (Å²) in [5.74, 6) is 0. The second-order valence-corrected chi connectivity index (χ2v) is 7.58. The maximum Gasteiger partial charge on any atom is 0.410 e. The molecule has 0 aromatic rings. The van der Waals surface area contributed by atoms with Crippen LogP contribution < -0.4 is 5.32 Å². The van der Waals surface area contributed by atoms with Crippen molar-refractivity contribution in [1.82, 2.24) is 15.1 Å². The predicted octanol–water partition coefficient (Wildman–Crippen LogP) is 2.46. The Kier molecular flexibility index (Phi) is 6.09. The molecule has 1 unspecified atom stereocenters. The molecule has 5 heteroatoms. The van der Waals surface area contributed by atoms with Gasteiger partial charge in [0.25, 0.3) is 0 Å². The molecule has 1 saturated heterocycles. The Morgan fingerprint density at radius 2 is 2.05 bits per heavy atom. The van der Waals surface area contributed by atoms with Crippen LogP contribution in [0.1, 0.15) is 53.4 Å². The average molecular weight is 311 g/mol. The fourth-order valence-electron chi connectivity index (χ4n) is 3.01. The number of nitrogens with zero attached hydrogens (tertiary/aromatic N) is 2. The summed E-state index contributed by atoms with van der Waals surface area (Å²) >= 11 is 0. The zero-order valence-electron chi connectivity index (χ0n) is 14.7. The number of likely N-dealkylation sites (tertiary alicyclic amines) is 1. The van der Waals surface area contributed by atoms with E-state index in [4.69, 9.17) is 4.74 Å². The summed E-state index contributed by atoms with van der Waals surface area (Å²) in [6.45, 7) is 12.6. The second-order valence-electron chi connectivity index (χ2n) is 7.58. The molecular weight excluding hydrogens is 278 g/mol. The summed E-state index contributed by atoms with van der Waals surface area (Å²) in [7, 11) is 0. The summed E-state index contributed by atoms with van der Waals surface area (Å²) in [5, 5.41) is 3.64. The average Bonchev–Trinajstić information content (AvgIpc) is 3.16. The topological polar surface area (TPSA) is 44.8 Å². The van der Waals surface area contributed by atoms with E-state index in [9.17, 15) is 4.79 Å². The second kappa shape index (κ2) is 7.64. The Hall–Kier alpha value is -0.810. The lowest BCUT2D eigenvalue weighted by Crippen LogP contribution is -2.39. The van der Waals surface area contributed by atoms with Gasteiger partial charge in [0, 0.05) is 38.3 Å². The van der Waals surface area contributed by atoms with Crippen molar-refractivity contribution in [2.75, 3.05) is 32.7 Å². The molecule has 0 aromatic carbocycles. The van der Waals surface area contributed by atoms with Crippen molar-refractivity contribution in [3.63, 3.8) is 0 Å². The summed E-state index contributed by atoms with van der Waals surface area (Å²) < 4.78 is 5.43. The molecule has 5 nitrogen and oxygen atoms in total. The third-order valence-corrected chi connectivity index (χ3v) is 4.35. The van der Waals surface area contributed by atoms with Crippen molar-refractivity contribution in [3.8, 4) is 0 Å². The van der Waals surface area contributed by atoms with Gasteiger partial charge in [-0.25, -0.2) is 4.79 Å². The maximum atomic E-state index is 12.0. The predicted molar refractivity (Wildman–Crippen MR) is 89.1 cm³/mol. The molecule has 1 aliphatic heterocycles. The van der Waals surface area contributed by atoms with E-state index in [1.807, 2.05) is 27.7 Å². The fraction of sp³-hybridized carbons (Fsp3) is 0.941. The lowest BCUT2D eigenvalue weighted by molar-refractivity contribution is 0.0258. The van der Waals surface area contributed by atoms with E-state index >= 15 is 0 Å². The number of carbonyl (C=O) groups excluding carboxylic acids is 1. The third kappa shape index (κ3) is 5.76. The molecule has 22 heavy (non-hydrogen) atoms. The first kappa shape index (κ1) is 17.5. The molecule has 0 aromatic heterocycles. The van der Waals surface area contributed by atoms with Gasteiger partial charge in [-0.2, -0.15) is 0 Å². The molecule has 2 fully saturated rings.